The first-order valence-corrected chi connectivity index (χ1v) is 6.83. The van der Waals surface area contributed by atoms with E-state index < -0.39 is 0 Å². The third-order valence-corrected chi connectivity index (χ3v) is 4.11. The summed E-state index contributed by atoms with van der Waals surface area (Å²) in [5.74, 6) is 0. The second-order valence-corrected chi connectivity index (χ2v) is 6.44. The normalized spacial score (nSPS) is 27.3. The summed E-state index contributed by atoms with van der Waals surface area (Å²) < 4.78 is 0. The zero-order valence-electron chi connectivity index (χ0n) is 11.4. The monoisotopic (exact) mass is 231 g/mol. The molecule has 0 amide bonds. The predicted octanol–water partition coefficient (Wildman–Crippen LogP) is 4.00. The second-order valence-electron chi connectivity index (χ2n) is 6.44. The minimum absolute atomic E-state index is 0.0890. The quantitative estimate of drug-likeness (QED) is 0.836. The highest BCUT2D eigenvalue weighted by molar-refractivity contribution is 5.30. The summed E-state index contributed by atoms with van der Waals surface area (Å²) in [6.07, 6.45) is 5.84. The molecule has 94 valence electrons. The van der Waals surface area contributed by atoms with E-state index in [4.69, 9.17) is 5.73 Å². The molecule has 1 aromatic carbocycles. The van der Waals surface area contributed by atoms with E-state index in [1.165, 1.54) is 30.4 Å². The molecule has 1 unspecified atom stereocenters. The van der Waals surface area contributed by atoms with E-state index in [0.717, 1.165) is 12.8 Å². The third-order valence-electron chi connectivity index (χ3n) is 4.11. The van der Waals surface area contributed by atoms with Gasteiger partial charge in [-0.25, -0.2) is 0 Å². The SMILES string of the molecule is CCCc1ccc(C2(N)CCC(C)(C)C2)cc1. The molecule has 1 saturated carbocycles. The number of aryl methyl sites for hydroxylation is 1. The lowest BCUT2D eigenvalue weighted by molar-refractivity contribution is 0.339. The highest BCUT2D eigenvalue weighted by Gasteiger charge is 2.41. The maximum atomic E-state index is 6.58. The fourth-order valence-corrected chi connectivity index (χ4v) is 3.13. The van der Waals surface area contributed by atoms with E-state index in [1.54, 1.807) is 0 Å². The molecule has 1 heteroatoms. The maximum absolute atomic E-state index is 6.58. The lowest BCUT2D eigenvalue weighted by atomic mass is 9.84. The van der Waals surface area contributed by atoms with Crippen LogP contribution in [0.15, 0.2) is 24.3 Å². The van der Waals surface area contributed by atoms with Gasteiger partial charge in [0, 0.05) is 5.54 Å². The summed E-state index contributed by atoms with van der Waals surface area (Å²) in [6, 6.07) is 8.98. The van der Waals surface area contributed by atoms with Crippen LogP contribution < -0.4 is 5.73 Å². The highest BCUT2D eigenvalue weighted by Crippen LogP contribution is 2.47. The molecule has 0 bridgehead atoms. The van der Waals surface area contributed by atoms with Crippen molar-refractivity contribution >= 4 is 0 Å². The van der Waals surface area contributed by atoms with Gasteiger partial charge in [-0.3, -0.25) is 0 Å². The second kappa shape index (κ2) is 4.45. The smallest absolute Gasteiger partial charge is 0.0414 e. The Morgan fingerprint density at radius 2 is 1.76 bits per heavy atom. The molecule has 1 atom stereocenters. The first-order valence-electron chi connectivity index (χ1n) is 6.83. The van der Waals surface area contributed by atoms with Crippen molar-refractivity contribution < 1.29 is 0 Å². The molecule has 17 heavy (non-hydrogen) atoms. The van der Waals surface area contributed by atoms with Crippen molar-refractivity contribution in [2.24, 2.45) is 11.1 Å². The van der Waals surface area contributed by atoms with Gasteiger partial charge < -0.3 is 5.73 Å². The van der Waals surface area contributed by atoms with Gasteiger partial charge in [-0.2, -0.15) is 0 Å². The number of benzene rings is 1. The molecular formula is C16H25N. The standard InChI is InChI=1S/C16H25N/c1-4-5-13-6-8-14(9-7-13)16(17)11-10-15(2,3)12-16/h6-9H,4-5,10-12,17H2,1-3H3. The van der Waals surface area contributed by atoms with Gasteiger partial charge in [0.25, 0.3) is 0 Å². The Kier molecular flexibility index (Phi) is 3.31. The van der Waals surface area contributed by atoms with E-state index in [2.05, 4.69) is 45.0 Å². The predicted molar refractivity (Wildman–Crippen MR) is 73.9 cm³/mol. The van der Waals surface area contributed by atoms with Crippen molar-refractivity contribution in [2.75, 3.05) is 0 Å². The fraction of sp³-hybridized carbons (Fsp3) is 0.625. The number of nitrogens with two attached hydrogens (primary N) is 1. The summed E-state index contributed by atoms with van der Waals surface area (Å²) in [5.41, 5.74) is 9.64. The molecule has 2 N–H and O–H groups in total. The van der Waals surface area contributed by atoms with Gasteiger partial charge in [0.15, 0.2) is 0 Å². The average Bonchev–Trinajstić information content (AvgIpc) is 2.56. The Labute approximate surface area is 105 Å². The Morgan fingerprint density at radius 3 is 2.24 bits per heavy atom. The molecule has 1 fully saturated rings. The van der Waals surface area contributed by atoms with Crippen LogP contribution >= 0.6 is 0 Å². The number of hydrogen-bond donors (Lipinski definition) is 1. The van der Waals surface area contributed by atoms with Crippen LogP contribution in [0.4, 0.5) is 0 Å². The first-order chi connectivity index (χ1) is 7.95. The van der Waals surface area contributed by atoms with Crippen LogP contribution in [0.5, 0.6) is 0 Å². The lowest BCUT2D eigenvalue weighted by Gasteiger charge is -2.27. The van der Waals surface area contributed by atoms with Crippen molar-refractivity contribution in [3.8, 4) is 0 Å². The average molecular weight is 231 g/mol. The molecule has 0 radical (unpaired) electrons. The molecule has 0 heterocycles. The van der Waals surface area contributed by atoms with Crippen LogP contribution in [0.2, 0.25) is 0 Å². The van der Waals surface area contributed by atoms with Crippen molar-refractivity contribution in [3.63, 3.8) is 0 Å². The molecular weight excluding hydrogens is 206 g/mol. The van der Waals surface area contributed by atoms with E-state index in [9.17, 15) is 0 Å². The summed E-state index contributed by atoms with van der Waals surface area (Å²) in [5, 5.41) is 0. The van der Waals surface area contributed by atoms with Crippen molar-refractivity contribution in [1.29, 1.82) is 0 Å². The minimum Gasteiger partial charge on any atom is -0.321 e. The molecule has 1 aromatic rings. The van der Waals surface area contributed by atoms with Crippen LogP contribution in [0.25, 0.3) is 0 Å². The molecule has 1 nitrogen and oxygen atoms in total. The number of hydrogen-bond acceptors (Lipinski definition) is 1. The molecule has 0 saturated heterocycles. The van der Waals surface area contributed by atoms with Crippen molar-refractivity contribution in [2.45, 2.75) is 58.4 Å². The summed E-state index contributed by atoms with van der Waals surface area (Å²) in [4.78, 5) is 0. The zero-order chi connectivity index (χ0) is 12.5. The Balaban J connectivity index is 2.17. The molecule has 1 aliphatic carbocycles. The Bertz CT molecular complexity index is 377. The number of rotatable bonds is 3. The maximum Gasteiger partial charge on any atom is 0.0414 e. The van der Waals surface area contributed by atoms with E-state index >= 15 is 0 Å². The summed E-state index contributed by atoms with van der Waals surface area (Å²) in [7, 11) is 0. The minimum atomic E-state index is -0.0890. The van der Waals surface area contributed by atoms with Crippen LogP contribution in [0.3, 0.4) is 0 Å². The molecule has 0 aromatic heterocycles. The largest absolute Gasteiger partial charge is 0.321 e. The van der Waals surface area contributed by atoms with Gasteiger partial charge in [-0.15, -0.1) is 0 Å². The van der Waals surface area contributed by atoms with Gasteiger partial charge in [0.2, 0.25) is 0 Å². The van der Waals surface area contributed by atoms with Gasteiger partial charge >= 0.3 is 0 Å². The summed E-state index contributed by atoms with van der Waals surface area (Å²) in [6.45, 7) is 6.87. The third kappa shape index (κ3) is 2.71. The van der Waals surface area contributed by atoms with Crippen LogP contribution in [-0.4, -0.2) is 0 Å². The Morgan fingerprint density at radius 1 is 1.12 bits per heavy atom. The van der Waals surface area contributed by atoms with E-state index in [0.29, 0.717) is 5.41 Å². The first kappa shape index (κ1) is 12.6. The lowest BCUT2D eigenvalue weighted by Crippen LogP contribution is -2.34. The van der Waals surface area contributed by atoms with Gasteiger partial charge in [0.1, 0.15) is 0 Å². The van der Waals surface area contributed by atoms with Crippen LogP contribution in [0.1, 0.15) is 57.6 Å². The summed E-state index contributed by atoms with van der Waals surface area (Å²) >= 11 is 0. The van der Waals surface area contributed by atoms with Gasteiger partial charge in [-0.05, 0) is 42.2 Å². The van der Waals surface area contributed by atoms with Gasteiger partial charge in [-0.1, -0.05) is 51.5 Å². The molecule has 1 aliphatic rings. The molecule has 0 spiro atoms. The Hall–Kier alpha value is -0.820. The fourth-order valence-electron chi connectivity index (χ4n) is 3.13. The molecule has 0 aliphatic heterocycles. The van der Waals surface area contributed by atoms with Crippen LogP contribution in [-0.2, 0) is 12.0 Å². The van der Waals surface area contributed by atoms with Crippen molar-refractivity contribution in [3.05, 3.63) is 35.4 Å². The van der Waals surface area contributed by atoms with E-state index in [1.807, 2.05) is 0 Å². The topological polar surface area (TPSA) is 26.0 Å². The zero-order valence-corrected chi connectivity index (χ0v) is 11.4. The van der Waals surface area contributed by atoms with Crippen LogP contribution in [0, 0.1) is 5.41 Å². The molecule has 2 rings (SSSR count). The highest BCUT2D eigenvalue weighted by atomic mass is 14.8. The van der Waals surface area contributed by atoms with Gasteiger partial charge in [0.05, 0.1) is 0 Å². The van der Waals surface area contributed by atoms with E-state index in [-0.39, 0.29) is 5.54 Å². The van der Waals surface area contributed by atoms with Crippen molar-refractivity contribution in [1.82, 2.24) is 0 Å².